The van der Waals surface area contributed by atoms with Crippen LogP contribution in [0.5, 0.6) is 0 Å². The normalized spacial score (nSPS) is 14.0. The van der Waals surface area contributed by atoms with E-state index in [2.05, 4.69) is 9.88 Å². The third-order valence-corrected chi connectivity index (χ3v) is 3.60. The minimum Gasteiger partial charge on any atom is -0.478 e. The van der Waals surface area contributed by atoms with Crippen LogP contribution in [0.4, 0.5) is 21.6 Å². The molecule has 5 nitrogen and oxygen atoms in total. The molecule has 21 heavy (non-hydrogen) atoms. The Morgan fingerprint density at radius 2 is 1.95 bits per heavy atom. The number of carbonyl (C=O) groups is 1. The summed E-state index contributed by atoms with van der Waals surface area (Å²) in [5, 5.41) is 9.03. The van der Waals surface area contributed by atoms with E-state index in [1.54, 1.807) is 4.90 Å². The second kappa shape index (κ2) is 5.05. The molecule has 1 aliphatic heterocycles. The molecule has 0 spiro atoms. The minimum absolute atomic E-state index is 0.0513. The molecule has 1 aliphatic rings. The van der Waals surface area contributed by atoms with Gasteiger partial charge >= 0.3 is 5.97 Å². The Morgan fingerprint density at radius 1 is 1.24 bits per heavy atom. The average molecular weight is 287 g/mol. The number of rotatable bonds is 2. The third-order valence-electron chi connectivity index (χ3n) is 3.60. The van der Waals surface area contributed by atoms with Gasteiger partial charge in [0.2, 0.25) is 0 Å². The molecule has 0 aliphatic carbocycles. The number of benzene rings is 1. The van der Waals surface area contributed by atoms with Crippen molar-refractivity contribution in [1.82, 2.24) is 4.98 Å². The van der Waals surface area contributed by atoms with Crippen molar-refractivity contribution in [3.63, 3.8) is 0 Å². The number of nitrogens with zero attached hydrogens (tertiary/aromatic N) is 3. The summed E-state index contributed by atoms with van der Waals surface area (Å²) in [6, 6.07) is 8.77. The summed E-state index contributed by atoms with van der Waals surface area (Å²) in [5.74, 6) is -2.04. The summed E-state index contributed by atoms with van der Waals surface area (Å²) in [7, 11) is 1.97. The van der Waals surface area contributed by atoms with Crippen LogP contribution in [0.1, 0.15) is 10.4 Å². The second-order valence-corrected chi connectivity index (χ2v) is 4.86. The number of halogens is 1. The maximum absolute atomic E-state index is 14.4. The lowest BCUT2D eigenvalue weighted by Crippen LogP contribution is -2.37. The van der Waals surface area contributed by atoms with Gasteiger partial charge in [-0.05, 0) is 18.2 Å². The summed E-state index contributed by atoms with van der Waals surface area (Å²) in [5.41, 5.74) is 1.42. The van der Waals surface area contributed by atoms with Gasteiger partial charge in [-0.3, -0.25) is 0 Å². The van der Waals surface area contributed by atoms with Crippen molar-refractivity contribution in [1.29, 1.82) is 0 Å². The lowest BCUT2D eigenvalue weighted by Gasteiger charge is -2.36. The summed E-state index contributed by atoms with van der Waals surface area (Å²) >= 11 is 0. The highest BCUT2D eigenvalue weighted by Gasteiger charge is 2.26. The van der Waals surface area contributed by atoms with Gasteiger partial charge in [0.05, 0.1) is 11.4 Å². The van der Waals surface area contributed by atoms with Crippen LogP contribution in [0.2, 0.25) is 0 Å². The number of carboxylic acids is 1. The van der Waals surface area contributed by atoms with Crippen LogP contribution in [0.15, 0.2) is 36.5 Å². The molecule has 0 radical (unpaired) electrons. The number of aromatic carboxylic acids is 1. The minimum atomic E-state index is -1.29. The quantitative estimate of drug-likeness (QED) is 0.919. The monoisotopic (exact) mass is 287 g/mol. The molecule has 1 aromatic heterocycles. The van der Waals surface area contributed by atoms with Crippen LogP contribution in [0.25, 0.3) is 0 Å². The zero-order chi connectivity index (χ0) is 15.0. The molecule has 1 aromatic carbocycles. The van der Waals surface area contributed by atoms with Crippen LogP contribution >= 0.6 is 0 Å². The number of likely N-dealkylation sites (N-methyl/N-ethyl adjacent to an activating group) is 1. The first kappa shape index (κ1) is 13.4. The molecule has 0 fully saturated rings. The van der Waals surface area contributed by atoms with E-state index in [9.17, 15) is 9.18 Å². The summed E-state index contributed by atoms with van der Waals surface area (Å²) in [6.07, 6.45) is 1.32. The molecule has 2 heterocycles. The molecule has 0 amide bonds. The van der Waals surface area contributed by atoms with E-state index in [-0.39, 0.29) is 11.4 Å². The molecule has 6 heteroatoms. The van der Waals surface area contributed by atoms with Crippen molar-refractivity contribution >= 4 is 23.2 Å². The Hall–Kier alpha value is -2.63. The fraction of sp³-hybridized carbons (Fsp3) is 0.200. The van der Waals surface area contributed by atoms with Gasteiger partial charge in [-0.2, -0.15) is 0 Å². The molecule has 0 atom stereocenters. The van der Waals surface area contributed by atoms with Crippen molar-refractivity contribution < 1.29 is 14.3 Å². The van der Waals surface area contributed by atoms with Crippen LogP contribution in [0.3, 0.4) is 0 Å². The number of hydrogen-bond acceptors (Lipinski definition) is 4. The van der Waals surface area contributed by atoms with Crippen LogP contribution in [-0.2, 0) is 0 Å². The Balaban J connectivity index is 2.12. The summed E-state index contributed by atoms with van der Waals surface area (Å²) in [6.45, 7) is 1.25. The highest BCUT2D eigenvalue weighted by Crippen LogP contribution is 2.37. The fourth-order valence-corrected chi connectivity index (χ4v) is 2.51. The van der Waals surface area contributed by atoms with Gasteiger partial charge in [0.1, 0.15) is 5.56 Å². The van der Waals surface area contributed by atoms with E-state index in [1.807, 2.05) is 31.3 Å². The molecule has 2 aromatic rings. The van der Waals surface area contributed by atoms with E-state index in [0.29, 0.717) is 13.1 Å². The van der Waals surface area contributed by atoms with Crippen LogP contribution in [-0.4, -0.2) is 36.2 Å². The van der Waals surface area contributed by atoms with Gasteiger partial charge in [-0.25, -0.2) is 14.2 Å². The lowest BCUT2D eigenvalue weighted by molar-refractivity contribution is 0.0692. The Morgan fingerprint density at radius 3 is 2.67 bits per heavy atom. The number of pyridine rings is 1. The molecule has 0 saturated heterocycles. The smallest absolute Gasteiger partial charge is 0.338 e. The van der Waals surface area contributed by atoms with Gasteiger partial charge in [-0.1, -0.05) is 12.1 Å². The predicted molar refractivity (Wildman–Crippen MR) is 77.9 cm³/mol. The van der Waals surface area contributed by atoms with E-state index < -0.39 is 11.8 Å². The number of carboxylic acid groups (broad SMARTS) is 1. The Labute approximate surface area is 121 Å². The standard InChI is InChI=1S/C15H14FN3O2/c1-18-8-9-19(12-5-3-2-4-11(12)18)14-13(16)10(15(20)21)6-7-17-14/h2-7H,8-9H2,1H3,(H,20,21). The average Bonchev–Trinajstić information content (AvgIpc) is 2.48. The topological polar surface area (TPSA) is 56.7 Å². The van der Waals surface area contributed by atoms with Crippen molar-refractivity contribution in [2.24, 2.45) is 0 Å². The Bertz CT molecular complexity index is 705. The number of anilines is 3. The highest BCUT2D eigenvalue weighted by molar-refractivity contribution is 5.89. The highest BCUT2D eigenvalue weighted by atomic mass is 19.1. The van der Waals surface area contributed by atoms with Crippen LogP contribution < -0.4 is 9.80 Å². The van der Waals surface area contributed by atoms with Gasteiger partial charge in [-0.15, -0.1) is 0 Å². The zero-order valence-corrected chi connectivity index (χ0v) is 11.5. The molecule has 0 bridgehead atoms. The lowest BCUT2D eigenvalue weighted by atomic mass is 10.1. The SMILES string of the molecule is CN1CCN(c2nccc(C(=O)O)c2F)c2ccccc21. The summed E-state index contributed by atoms with van der Waals surface area (Å²) in [4.78, 5) is 18.9. The first-order chi connectivity index (χ1) is 10.1. The molecule has 0 unspecified atom stereocenters. The first-order valence-electron chi connectivity index (χ1n) is 6.55. The van der Waals surface area contributed by atoms with Gasteiger partial charge < -0.3 is 14.9 Å². The van der Waals surface area contributed by atoms with Crippen molar-refractivity contribution in [2.45, 2.75) is 0 Å². The zero-order valence-electron chi connectivity index (χ0n) is 11.5. The van der Waals surface area contributed by atoms with E-state index in [1.165, 1.54) is 12.3 Å². The predicted octanol–water partition coefficient (Wildman–Crippen LogP) is 2.51. The maximum atomic E-state index is 14.4. The third kappa shape index (κ3) is 2.18. The van der Waals surface area contributed by atoms with Gasteiger partial charge in [0.25, 0.3) is 0 Å². The largest absolute Gasteiger partial charge is 0.478 e. The van der Waals surface area contributed by atoms with Crippen molar-refractivity contribution in [3.05, 3.63) is 47.9 Å². The number of para-hydroxylation sites is 2. The maximum Gasteiger partial charge on any atom is 0.338 e. The van der Waals surface area contributed by atoms with Gasteiger partial charge in [0, 0.05) is 26.3 Å². The summed E-state index contributed by atoms with van der Waals surface area (Å²) < 4.78 is 14.4. The van der Waals surface area contributed by atoms with E-state index in [4.69, 9.17) is 5.11 Å². The molecular formula is C15H14FN3O2. The Kier molecular flexibility index (Phi) is 3.21. The number of hydrogen-bond donors (Lipinski definition) is 1. The number of aromatic nitrogens is 1. The van der Waals surface area contributed by atoms with Gasteiger partial charge in [0.15, 0.2) is 11.6 Å². The van der Waals surface area contributed by atoms with Crippen LogP contribution in [0, 0.1) is 5.82 Å². The molecule has 0 saturated carbocycles. The second-order valence-electron chi connectivity index (χ2n) is 4.86. The first-order valence-corrected chi connectivity index (χ1v) is 6.55. The number of fused-ring (bicyclic) bond motifs is 1. The molecule has 1 N–H and O–H groups in total. The van der Waals surface area contributed by atoms with Crippen molar-refractivity contribution in [3.8, 4) is 0 Å². The molecule has 3 rings (SSSR count). The fourth-order valence-electron chi connectivity index (χ4n) is 2.51. The molecule has 108 valence electrons. The molecular weight excluding hydrogens is 273 g/mol. The van der Waals surface area contributed by atoms with Crippen molar-refractivity contribution in [2.75, 3.05) is 29.9 Å². The van der Waals surface area contributed by atoms with E-state index in [0.717, 1.165) is 11.4 Å². The van der Waals surface area contributed by atoms with E-state index >= 15 is 0 Å².